The van der Waals surface area contributed by atoms with E-state index >= 15 is 0 Å². The molecular weight excluding hydrogens is 454 g/mol. The molecule has 1 aromatic heterocycles. The first-order valence-electron chi connectivity index (χ1n) is 11.1. The Bertz CT molecular complexity index is 1190. The van der Waals surface area contributed by atoms with Gasteiger partial charge in [0.05, 0.1) is 24.0 Å². The Hall–Kier alpha value is -3.58. The molecule has 0 bridgehead atoms. The summed E-state index contributed by atoms with van der Waals surface area (Å²) in [5, 5.41) is 11.6. The Morgan fingerprint density at radius 3 is 2.41 bits per heavy atom. The molecule has 1 aliphatic heterocycles. The number of benzene rings is 2. The van der Waals surface area contributed by atoms with Crippen molar-refractivity contribution in [2.75, 3.05) is 6.54 Å². The molecule has 4 rings (SSSR count). The van der Waals surface area contributed by atoms with E-state index in [-0.39, 0.29) is 17.4 Å². The van der Waals surface area contributed by atoms with Gasteiger partial charge in [-0.15, -0.1) is 0 Å². The molecule has 0 spiro atoms. The van der Waals surface area contributed by atoms with Crippen LogP contribution in [0.4, 0.5) is 0 Å². The minimum absolute atomic E-state index is 0.0181. The number of ether oxygens (including phenoxy) is 1. The highest BCUT2D eigenvalue weighted by Gasteiger charge is 2.45. The predicted molar refractivity (Wildman–Crippen MR) is 130 cm³/mol. The average Bonchev–Trinajstić information content (AvgIpc) is 3.42. The third kappa shape index (κ3) is 4.99. The highest BCUT2D eigenvalue weighted by atomic mass is 35.5. The number of carbonyl (C=O) groups excluding carboxylic acids is 2. The van der Waals surface area contributed by atoms with Gasteiger partial charge in [-0.25, -0.2) is 4.98 Å². The molecule has 7 nitrogen and oxygen atoms in total. The van der Waals surface area contributed by atoms with Gasteiger partial charge in [0.15, 0.2) is 0 Å². The van der Waals surface area contributed by atoms with E-state index in [1.165, 1.54) is 4.90 Å². The average molecular weight is 480 g/mol. The number of hydrogen-bond acceptors (Lipinski definition) is 5. The molecule has 1 aliphatic rings. The second-order valence-corrected chi connectivity index (χ2v) is 8.83. The number of nitrogens with zero attached hydrogens (tertiary/aromatic N) is 3. The van der Waals surface area contributed by atoms with Gasteiger partial charge in [-0.05, 0) is 62.2 Å². The van der Waals surface area contributed by atoms with Crippen LogP contribution in [0.1, 0.15) is 37.4 Å². The predicted octanol–water partition coefficient (Wildman–Crippen LogP) is 4.84. The lowest BCUT2D eigenvalue weighted by molar-refractivity contribution is -0.139. The molecule has 176 valence electrons. The summed E-state index contributed by atoms with van der Waals surface area (Å²) >= 11 is 5.98. The van der Waals surface area contributed by atoms with Gasteiger partial charge in [-0.1, -0.05) is 23.7 Å². The summed E-state index contributed by atoms with van der Waals surface area (Å²) in [4.78, 5) is 31.7. The molecular formula is C26H26ClN3O4. The van der Waals surface area contributed by atoms with Gasteiger partial charge in [0.2, 0.25) is 0 Å². The fourth-order valence-corrected chi connectivity index (χ4v) is 4.19. The first-order chi connectivity index (χ1) is 16.3. The van der Waals surface area contributed by atoms with Crippen LogP contribution in [0.2, 0.25) is 5.02 Å². The van der Waals surface area contributed by atoms with Crippen molar-refractivity contribution in [3.63, 3.8) is 0 Å². The standard InChI is InChI=1S/C26H26ClN3O4/c1-17(2)34-21-10-6-18(7-11-21)23-22(24(31)19-4-8-20(27)9-5-19)25(32)26(33)30(23)14-3-13-29-15-12-28-16-29/h4-12,15-17,23,31H,3,13-14H2,1-2H3/b24-22+/t23-/m1/s1. The number of carbonyl (C=O) groups is 2. The molecule has 0 saturated carbocycles. The van der Waals surface area contributed by atoms with Crippen LogP contribution in [0.5, 0.6) is 5.75 Å². The molecule has 0 unspecified atom stereocenters. The quantitative estimate of drug-likeness (QED) is 0.284. The third-order valence-corrected chi connectivity index (χ3v) is 5.85. The molecule has 1 fully saturated rings. The van der Waals surface area contributed by atoms with Crippen molar-refractivity contribution in [1.82, 2.24) is 14.5 Å². The molecule has 34 heavy (non-hydrogen) atoms. The van der Waals surface area contributed by atoms with Gasteiger partial charge in [-0.2, -0.15) is 0 Å². The van der Waals surface area contributed by atoms with E-state index in [2.05, 4.69) is 4.98 Å². The van der Waals surface area contributed by atoms with Crippen LogP contribution < -0.4 is 4.74 Å². The van der Waals surface area contributed by atoms with E-state index in [1.54, 1.807) is 36.8 Å². The summed E-state index contributed by atoms with van der Waals surface area (Å²) in [6, 6.07) is 13.1. The lowest BCUT2D eigenvalue weighted by Crippen LogP contribution is -2.31. The van der Waals surface area contributed by atoms with Crippen LogP contribution in [-0.4, -0.2) is 43.9 Å². The van der Waals surface area contributed by atoms with Crippen LogP contribution in [0, 0.1) is 0 Å². The number of hydrogen-bond donors (Lipinski definition) is 1. The molecule has 1 N–H and O–H groups in total. The van der Waals surface area contributed by atoms with Crippen molar-refractivity contribution in [2.24, 2.45) is 0 Å². The molecule has 1 atom stereocenters. The first-order valence-corrected chi connectivity index (χ1v) is 11.5. The molecule has 0 radical (unpaired) electrons. The highest BCUT2D eigenvalue weighted by molar-refractivity contribution is 6.46. The summed E-state index contributed by atoms with van der Waals surface area (Å²) < 4.78 is 7.65. The van der Waals surface area contributed by atoms with E-state index in [4.69, 9.17) is 16.3 Å². The van der Waals surface area contributed by atoms with Gasteiger partial charge in [0.25, 0.3) is 11.7 Å². The number of Topliss-reactive ketones (excluding diaryl/α,β-unsaturated/α-hetero) is 1. The number of aryl methyl sites for hydroxylation is 1. The maximum atomic E-state index is 13.1. The Kier molecular flexibility index (Phi) is 7.03. The summed E-state index contributed by atoms with van der Waals surface area (Å²) in [6.07, 6.45) is 5.89. The fraction of sp³-hybridized carbons (Fsp3) is 0.269. The Morgan fingerprint density at radius 1 is 1.09 bits per heavy atom. The number of aliphatic hydroxyl groups excluding tert-OH is 1. The zero-order valence-electron chi connectivity index (χ0n) is 19.0. The van der Waals surface area contributed by atoms with Gasteiger partial charge >= 0.3 is 0 Å². The number of rotatable bonds is 8. The first kappa shape index (κ1) is 23.6. The minimum atomic E-state index is -0.716. The number of aliphatic hydroxyl groups is 1. The number of amides is 1. The van der Waals surface area contributed by atoms with Crippen LogP contribution in [0.25, 0.3) is 5.76 Å². The van der Waals surface area contributed by atoms with Gasteiger partial charge in [0, 0.05) is 36.1 Å². The minimum Gasteiger partial charge on any atom is -0.507 e. The molecule has 2 heterocycles. The normalized spacial score (nSPS) is 17.5. The second-order valence-electron chi connectivity index (χ2n) is 8.39. The number of ketones is 1. The number of aromatic nitrogens is 2. The van der Waals surface area contributed by atoms with Crippen molar-refractivity contribution in [3.8, 4) is 5.75 Å². The van der Waals surface area contributed by atoms with Crippen molar-refractivity contribution >= 4 is 29.1 Å². The number of imidazole rings is 1. The number of likely N-dealkylation sites (tertiary alicyclic amines) is 1. The third-order valence-electron chi connectivity index (χ3n) is 5.60. The van der Waals surface area contributed by atoms with Gasteiger partial charge < -0.3 is 19.3 Å². The van der Waals surface area contributed by atoms with Crippen molar-refractivity contribution in [3.05, 3.63) is 89.0 Å². The van der Waals surface area contributed by atoms with E-state index < -0.39 is 17.7 Å². The van der Waals surface area contributed by atoms with Crippen molar-refractivity contribution in [2.45, 2.75) is 39.0 Å². The van der Waals surface area contributed by atoms with Gasteiger partial charge in [-0.3, -0.25) is 9.59 Å². The molecule has 3 aromatic rings. The summed E-state index contributed by atoms with van der Waals surface area (Å²) in [6.45, 7) is 4.87. The fourth-order valence-electron chi connectivity index (χ4n) is 4.06. The molecule has 2 aromatic carbocycles. The monoisotopic (exact) mass is 479 g/mol. The van der Waals surface area contributed by atoms with Crippen LogP contribution >= 0.6 is 11.6 Å². The maximum absolute atomic E-state index is 13.1. The summed E-state index contributed by atoms with van der Waals surface area (Å²) in [5.41, 5.74) is 1.20. The molecule has 8 heteroatoms. The highest BCUT2D eigenvalue weighted by Crippen LogP contribution is 2.40. The lowest BCUT2D eigenvalue weighted by atomic mass is 9.95. The van der Waals surface area contributed by atoms with Gasteiger partial charge in [0.1, 0.15) is 11.5 Å². The van der Waals surface area contributed by atoms with E-state index in [0.29, 0.717) is 41.4 Å². The topological polar surface area (TPSA) is 84.7 Å². The van der Waals surface area contributed by atoms with E-state index in [0.717, 1.165) is 0 Å². The van der Waals surface area contributed by atoms with Crippen LogP contribution in [0.3, 0.4) is 0 Å². The van der Waals surface area contributed by atoms with Crippen LogP contribution in [0.15, 0.2) is 72.8 Å². The summed E-state index contributed by atoms with van der Waals surface area (Å²) in [5.74, 6) is -0.871. The second kappa shape index (κ2) is 10.1. The van der Waals surface area contributed by atoms with Crippen molar-refractivity contribution < 1.29 is 19.4 Å². The Morgan fingerprint density at radius 2 is 1.79 bits per heavy atom. The maximum Gasteiger partial charge on any atom is 0.295 e. The van der Waals surface area contributed by atoms with Crippen LogP contribution in [-0.2, 0) is 16.1 Å². The smallest absolute Gasteiger partial charge is 0.295 e. The Labute approximate surface area is 203 Å². The SMILES string of the molecule is CC(C)Oc1ccc([C@@H]2/C(=C(\O)c3ccc(Cl)cc3)C(=O)C(=O)N2CCCn2ccnc2)cc1. The van der Waals surface area contributed by atoms with Crippen molar-refractivity contribution in [1.29, 1.82) is 0 Å². The zero-order chi connectivity index (χ0) is 24.2. The Balaban J connectivity index is 1.71. The number of halogens is 1. The molecule has 1 amide bonds. The lowest BCUT2D eigenvalue weighted by Gasteiger charge is -2.25. The molecule has 0 aliphatic carbocycles. The molecule has 1 saturated heterocycles. The van der Waals surface area contributed by atoms with E-state index in [1.807, 2.05) is 48.9 Å². The summed E-state index contributed by atoms with van der Waals surface area (Å²) in [7, 11) is 0. The zero-order valence-corrected chi connectivity index (χ0v) is 19.8. The largest absolute Gasteiger partial charge is 0.507 e. The van der Waals surface area contributed by atoms with E-state index in [9.17, 15) is 14.7 Å².